The number of carboxylic acid groups (broad SMARTS) is 1. The summed E-state index contributed by atoms with van der Waals surface area (Å²) in [4.78, 5) is 10.5. The number of carbonyl (C=O) groups is 1. The van der Waals surface area contributed by atoms with Gasteiger partial charge in [-0.3, -0.25) is 0 Å². The first-order valence-electron chi connectivity index (χ1n) is 4.35. The lowest BCUT2D eigenvalue weighted by atomic mass is 10.0. The molecule has 0 aliphatic rings. The Labute approximate surface area is 94.1 Å². The average molecular weight is 232 g/mol. The molecule has 0 aliphatic heterocycles. The molecule has 1 atom stereocenters. The van der Waals surface area contributed by atoms with E-state index < -0.39 is 5.97 Å². The largest absolute Gasteiger partial charge is 0.478 e. The number of halogens is 1. The molecule has 0 saturated carbocycles. The number of rotatable bonds is 4. The molecule has 0 saturated heterocycles. The third-order valence-corrected chi connectivity index (χ3v) is 2.03. The molecular weight excluding hydrogens is 218 g/mol. The number of aromatic carboxylic acids is 1. The number of aliphatic hydroxyl groups excluding tert-OH is 1. The van der Waals surface area contributed by atoms with Gasteiger partial charge in [0.1, 0.15) is 0 Å². The van der Waals surface area contributed by atoms with Crippen molar-refractivity contribution in [2.45, 2.75) is 12.5 Å². The average Bonchev–Trinajstić information content (AvgIpc) is 2.18. The maximum atomic E-state index is 10.5. The van der Waals surface area contributed by atoms with Crippen LogP contribution < -0.4 is 5.73 Å². The van der Waals surface area contributed by atoms with Crippen molar-refractivity contribution < 1.29 is 15.0 Å². The van der Waals surface area contributed by atoms with Crippen molar-refractivity contribution >= 4 is 18.4 Å². The predicted molar refractivity (Wildman–Crippen MR) is 59.3 cm³/mol. The minimum Gasteiger partial charge on any atom is -0.478 e. The maximum Gasteiger partial charge on any atom is 0.335 e. The van der Waals surface area contributed by atoms with Crippen LogP contribution in [0, 0.1) is 0 Å². The Morgan fingerprint density at radius 1 is 1.33 bits per heavy atom. The van der Waals surface area contributed by atoms with E-state index in [-0.39, 0.29) is 30.6 Å². The molecule has 0 radical (unpaired) electrons. The van der Waals surface area contributed by atoms with Gasteiger partial charge in [0.2, 0.25) is 0 Å². The minimum absolute atomic E-state index is 0. The first kappa shape index (κ1) is 13.9. The van der Waals surface area contributed by atoms with Crippen LogP contribution in [0.2, 0.25) is 0 Å². The van der Waals surface area contributed by atoms with E-state index in [1.807, 2.05) is 0 Å². The summed E-state index contributed by atoms with van der Waals surface area (Å²) in [5.41, 5.74) is 6.80. The van der Waals surface area contributed by atoms with Gasteiger partial charge in [0.25, 0.3) is 0 Å². The van der Waals surface area contributed by atoms with Crippen molar-refractivity contribution in [3.8, 4) is 0 Å². The number of nitrogens with two attached hydrogens (primary N) is 1. The van der Waals surface area contributed by atoms with Crippen LogP contribution in [0.5, 0.6) is 0 Å². The van der Waals surface area contributed by atoms with E-state index in [0.29, 0.717) is 6.42 Å². The Morgan fingerprint density at radius 3 is 2.27 bits per heavy atom. The highest BCUT2D eigenvalue weighted by Gasteiger charge is 2.06. The van der Waals surface area contributed by atoms with Crippen LogP contribution in [-0.2, 0) is 0 Å². The molecule has 5 heteroatoms. The Bertz CT molecular complexity index is 313. The summed E-state index contributed by atoms with van der Waals surface area (Å²) in [6.45, 7) is 0.0296. The van der Waals surface area contributed by atoms with Gasteiger partial charge in [0, 0.05) is 12.6 Å². The van der Waals surface area contributed by atoms with Crippen LogP contribution in [0.25, 0.3) is 0 Å². The lowest BCUT2D eigenvalue weighted by Crippen LogP contribution is -2.12. The smallest absolute Gasteiger partial charge is 0.335 e. The molecule has 1 aromatic rings. The molecule has 0 aromatic heterocycles. The standard InChI is InChI=1S/C10H13NO3.ClH/c11-9(5-6-12)7-1-3-8(4-2-7)10(13)14;/h1-4,9,12H,5-6,11H2,(H,13,14);1H/t9-;/m0./s1. The van der Waals surface area contributed by atoms with Crippen molar-refractivity contribution in [2.75, 3.05) is 6.61 Å². The fourth-order valence-corrected chi connectivity index (χ4v) is 1.18. The van der Waals surface area contributed by atoms with Crippen LogP contribution in [-0.4, -0.2) is 22.8 Å². The molecule has 4 N–H and O–H groups in total. The van der Waals surface area contributed by atoms with Crippen molar-refractivity contribution in [3.63, 3.8) is 0 Å². The zero-order valence-electron chi connectivity index (χ0n) is 8.09. The second-order valence-electron chi connectivity index (χ2n) is 3.05. The summed E-state index contributed by atoms with van der Waals surface area (Å²) in [5.74, 6) is -0.952. The predicted octanol–water partition coefficient (Wildman–Crippen LogP) is 1.19. The van der Waals surface area contributed by atoms with E-state index in [1.165, 1.54) is 12.1 Å². The van der Waals surface area contributed by atoms with Gasteiger partial charge in [0.15, 0.2) is 0 Å². The third kappa shape index (κ3) is 3.87. The Hall–Kier alpha value is -1.10. The van der Waals surface area contributed by atoms with Crippen LogP contribution in [0.3, 0.4) is 0 Å². The van der Waals surface area contributed by atoms with E-state index in [9.17, 15) is 4.79 Å². The van der Waals surface area contributed by atoms with Crippen LogP contribution in [0.15, 0.2) is 24.3 Å². The van der Waals surface area contributed by atoms with Gasteiger partial charge in [0.05, 0.1) is 5.56 Å². The topological polar surface area (TPSA) is 83.5 Å². The molecule has 0 aliphatic carbocycles. The highest BCUT2D eigenvalue weighted by Crippen LogP contribution is 2.14. The highest BCUT2D eigenvalue weighted by molar-refractivity contribution is 5.87. The second-order valence-corrected chi connectivity index (χ2v) is 3.05. The molecule has 1 aromatic carbocycles. The fourth-order valence-electron chi connectivity index (χ4n) is 1.18. The van der Waals surface area contributed by atoms with Crippen molar-refractivity contribution in [1.82, 2.24) is 0 Å². The molecule has 0 amide bonds. The van der Waals surface area contributed by atoms with Gasteiger partial charge in [-0.1, -0.05) is 12.1 Å². The first-order valence-corrected chi connectivity index (χ1v) is 4.35. The normalized spacial score (nSPS) is 11.6. The number of aliphatic hydroxyl groups is 1. The van der Waals surface area contributed by atoms with Crippen LogP contribution >= 0.6 is 12.4 Å². The molecule has 1 rings (SSSR count). The minimum atomic E-state index is -0.952. The van der Waals surface area contributed by atoms with E-state index in [0.717, 1.165) is 5.56 Å². The van der Waals surface area contributed by atoms with Gasteiger partial charge >= 0.3 is 5.97 Å². The van der Waals surface area contributed by atoms with Gasteiger partial charge < -0.3 is 15.9 Å². The summed E-state index contributed by atoms with van der Waals surface area (Å²) in [6, 6.07) is 6.13. The Balaban J connectivity index is 0.00000196. The number of benzene rings is 1. The van der Waals surface area contributed by atoms with Gasteiger partial charge in [-0.05, 0) is 24.1 Å². The molecule has 0 heterocycles. The quantitative estimate of drug-likeness (QED) is 0.727. The molecule has 0 unspecified atom stereocenters. The first-order chi connectivity index (χ1) is 6.65. The summed E-state index contributed by atoms with van der Waals surface area (Å²) in [7, 11) is 0. The van der Waals surface area contributed by atoms with Gasteiger partial charge in [-0.15, -0.1) is 12.4 Å². The summed E-state index contributed by atoms with van der Waals surface area (Å²) >= 11 is 0. The fraction of sp³-hybridized carbons (Fsp3) is 0.300. The zero-order valence-corrected chi connectivity index (χ0v) is 8.91. The van der Waals surface area contributed by atoms with Crippen molar-refractivity contribution in [3.05, 3.63) is 35.4 Å². The summed E-state index contributed by atoms with van der Waals surface area (Å²) in [6.07, 6.45) is 0.479. The number of carboxylic acids is 1. The van der Waals surface area contributed by atoms with E-state index in [2.05, 4.69) is 0 Å². The van der Waals surface area contributed by atoms with E-state index in [1.54, 1.807) is 12.1 Å². The van der Waals surface area contributed by atoms with Gasteiger partial charge in [-0.2, -0.15) is 0 Å². The molecule has 84 valence electrons. The lowest BCUT2D eigenvalue weighted by molar-refractivity contribution is 0.0697. The number of hydrogen-bond acceptors (Lipinski definition) is 3. The van der Waals surface area contributed by atoms with Crippen LogP contribution in [0.4, 0.5) is 0 Å². The molecule has 4 nitrogen and oxygen atoms in total. The molecule has 15 heavy (non-hydrogen) atoms. The Kier molecular flexibility index (Phi) is 5.93. The van der Waals surface area contributed by atoms with Gasteiger partial charge in [-0.25, -0.2) is 4.79 Å². The SMILES string of the molecule is Cl.N[C@@H](CCO)c1ccc(C(=O)O)cc1. The Morgan fingerprint density at radius 2 is 1.87 bits per heavy atom. The highest BCUT2D eigenvalue weighted by atomic mass is 35.5. The zero-order chi connectivity index (χ0) is 10.6. The number of hydrogen-bond donors (Lipinski definition) is 3. The van der Waals surface area contributed by atoms with Crippen LogP contribution in [0.1, 0.15) is 28.4 Å². The molecule has 0 fully saturated rings. The maximum absolute atomic E-state index is 10.5. The van der Waals surface area contributed by atoms with Crippen molar-refractivity contribution in [1.29, 1.82) is 0 Å². The molecular formula is C10H14ClNO3. The molecule has 0 spiro atoms. The summed E-state index contributed by atoms with van der Waals surface area (Å²) < 4.78 is 0. The summed E-state index contributed by atoms with van der Waals surface area (Å²) in [5, 5.41) is 17.3. The second kappa shape index (κ2) is 6.40. The monoisotopic (exact) mass is 231 g/mol. The lowest BCUT2D eigenvalue weighted by Gasteiger charge is -2.09. The molecule has 0 bridgehead atoms. The van der Waals surface area contributed by atoms with E-state index >= 15 is 0 Å². The van der Waals surface area contributed by atoms with Crippen molar-refractivity contribution in [2.24, 2.45) is 5.73 Å². The van der Waals surface area contributed by atoms with E-state index in [4.69, 9.17) is 15.9 Å². The third-order valence-electron chi connectivity index (χ3n) is 2.03.